The number of carbonyl (C=O) groups excluding carboxylic acids is 1. The van der Waals surface area contributed by atoms with Gasteiger partial charge in [0.2, 0.25) is 0 Å². The van der Waals surface area contributed by atoms with Crippen molar-refractivity contribution in [3.05, 3.63) is 46.6 Å². The number of carbonyl (C=O) groups is 1. The SMILES string of the molecule is CC(C)=CCCC1=CC=C(C=O)C(C)(CCC=C(C)C)C1. The van der Waals surface area contributed by atoms with Gasteiger partial charge in [-0.25, -0.2) is 0 Å². The van der Waals surface area contributed by atoms with Crippen LogP contribution in [-0.2, 0) is 4.79 Å². The molecule has 0 bridgehead atoms. The Morgan fingerprint density at radius 1 is 1.10 bits per heavy atom. The van der Waals surface area contributed by atoms with Crippen LogP contribution in [0.15, 0.2) is 46.6 Å². The molecule has 1 atom stereocenters. The molecule has 21 heavy (non-hydrogen) atoms. The van der Waals surface area contributed by atoms with Gasteiger partial charge in [-0.2, -0.15) is 0 Å². The minimum Gasteiger partial charge on any atom is -0.298 e. The first-order chi connectivity index (χ1) is 9.87. The molecular formula is C20H30O. The first-order valence-electron chi connectivity index (χ1n) is 7.99. The highest BCUT2D eigenvalue weighted by Gasteiger charge is 2.30. The summed E-state index contributed by atoms with van der Waals surface area (Å²) in [5.74, 6) is 0. The van der Waals surface area contributed by atoms with E-state index in [4.69, 9.17) is 0 Å². The van der Waals surface area contributed by atoms with Gasteiger partial charge in [0, 0.05) is 0 Å². The maximum absolute atomic E-state index is 11.4. The molecule has 116 valence electrons. The molecule has 0 N–H and O–H groups in total. The van der Waals surface area contributed by atoms with Gasteiger partial charge in [0.05, 0.1) is 0 Å². The minimum absolute atomic E-state index is 0.00274. The summed E-state index contributed by atoms with van der Waals surface area (Å²) in [7, 11) is 0. The molecule has 1 aliphatic carbocycles. The summed E-state index contributed by atoms with van der Waals surface area (Å²) < 4.78 is 0. The van der Waals surface area contributed by atoms with E-state index in [0.29, 0.717) is 0 Å². The van der Waals surface area contributed by atoms with E-state index >= 15 is 0 Å². The van der Waals surface area contributed by atoms with Crippen molar-refractivity contribution < 1.29 is 4.79 Å². The molecule has 0 radical (unpaired) electrons. The van der Waals surface area contributed by atoms with Crippen LogP contribution in [0.3, 0.4) is 0 Å². The van der Waals surface area contributed by atoms with Gasteiger partial charge < -0.3 is 0 Å². The van der Waals surface area contributed by atoms with E-state index in [1.807, 2.05) is 6.08 Å². The second-order valence-electron chi connectivity index (χ2n) is 6.94. The lowest BCUT2D eigenvalue weighted by atomic mass is 9.70. The van der Waals surface area contributed by atoms with Crippen molar-refractivity contribution in [1.82, 2.24) is 0 Å². The van der Waals surface area contributed by atoms with E-state index in [1.165, 1.54) is 16.7 Å². The highest BCUT2D eigenvalue weighted by Crippen LogP contribution is 2.41. The molecule has 0 heterocycles. The normalized spacial score (nSPS) is 21.2. The number of aldehydes is 1. The van der Waals surface area contributed by atoms with Crippen LogP contribution >= 0.6 is 0 Å². The Kier molecular flexibility index (Phi) is 6.87. The second-order valence-corrected chi connectivity index (χ2v) is 6.94. The highest BCUT2D eigenvalue weighted by molar-refractivity contribution is 5.76. The largest absolute Gasteiger partial charge is 0.298 e. The Labute approximate surface area is 130 Å². The summed E-state index contributed by atoms with van der Waals surface area (Å²) in [6.45, 7) is 10.8. The monoisotopic (exact) mass is 286 g/mol. The van der Waals surface area contributed by atoms with Crippen molar-refractivity contribution in [2.45, 2.75) is 66.7 Å². The van der Waals surface area contributed by atoms with Gasteiger partial charge in [-0.3, -0.25) is 4.79 Å². The van der Waals surface area contributed by atoms with Crippen molar-refractivity contribution in [3.63, 3.8) is 0 Å². The van der Waals surface area contributed by atoms with Crippen LogP contribution in [0.4, 0.5) is 0 Å². The maximum Gasteiger partial charge on any atom is 0.146 e. The van der Waals surface area contributed by atoms with E-state index in [-0.39, 0.29) is 5.41 Å². The molecule has 0 aromatic carbocycles. The number of rotatable bonds is 7. The first kappa shape index (κ1) is 17.7. The molecule has 1 nitrogen and oxygen atoms in total. The van der Waals surface area contributed by atoms with Crippen molar-refractivity contribution in [2.75, 3.05) is 0 Å². The van der Waals surface area contributed by atoms with Crippen LogP contribution in [0.1, 0.15) is 66.7 Å². The molecule has 0 saturated heterocycles. The zero-order valence-corrected chi connectivity index (χ0v) is 14.3. The van der Waals surface area contributed by atoms with Gasteiger partial charge in [-0.15, -0.1) is 0 Å². The van der Waals surface area contributed by atoms with Gasteiger partial charge in [-0.1, -0.05) is 47.9 Å². The van der Waals surface area contributed by atoms with E-state index in [2.05, 4.69) is 52.8 Å². The second kappa shape index (κ2) is 8.17. The van der Waals surface area contributed by atoms with Crippen molar-refractivity contribution in [1.29, 1.82) is 0 Å². The maximum atomic E-state index is 11.4. The lowest BCUT2D eigenvalue weighted by molar-refractivity contribution is -0.105. The van der Waals surface area contributed by atoms with Crippen LogP contribution in [0.2, 0.25) is 0 Å². The molecule has 0 aromatic heterocycles. The molecule has 1 aliphatic rings. The fraction of sp³-hybridized carbons (Fsp3) is 0.550. The van der Waals surface area contributed by atoms with Gasteiger partial charge in [0.15, 0.2) is 0 Å². The van der Waals surface area contributed by atoms with E-state index < -0.39 is 0 Å². The molecule has 0 spiro atoms. The molecule has 1 heteroatoms. The Bertz CT molecular complexity index is 480. The average molecular weight is 286 g/mol. The van der Waals surface area contributed by atoms with Crippen LogP contribution < -0.4 is 0 Å². The summed E-state index contributed by atoms with van der Waals surface area (Å²) >= 11 is 0. The van der Waals surface area contributed by atoms with Crippen LogP contribution in [0, 0.1) is 5.41 Å². The van der Waals surface area contributed by atoms with Gasteiger partial charge in [0.25, 0.3) is 0 Å². The molecule has 0 saturated carbocycles. The van der Waals surface area contributed by atoms with Gasteiger partial charge in [-0.05, 0) is 70.8 Å². The first-order valence-corrected chi connectivity index (χ1v) is 7.99. The van der Waals surface area contributed by atoms with Gasteiger partial charge in [0.1, 0.15) is 6.29 Å². The summed E-state index contributed by atoms with van der Waals surface area (Å²) in [5, 5.41) is 0. The predicted molar refractivity (Wildman–Crippen MR) is 92.3 cm³/mol. The van der Waals surface area contributed by atoms with Gasteiger partial charge >= 0.3 is 0 Å². The quantitative estimate of drug-likeness (QED) is 0.418. The molecule has 0 amide bonds. The summed E-state index contributed by atoms with van der Waals surface area (Å²) in [5.41, 5.74) is 5.16. The number of hydrogen-bond acceptors (Lipinski definition) is 1. The van der Waals surface area contributed by atoms with E-state index in [0.717, 1.165) is 44.0 Å². The molecule has 1 unspecified atom stereocenters. The number of hydrogen-bond donors (Lipinski definition) is 0. The predicted octanol–water partition coefficient (Wildman–Crippen LogP) is 5.94. The fourth-order valence-corrected chi connectivity index (χ4v) is 2.88. The zero-order chi connectivity index (χ0) is 15.9. The third-order valence-electron chi connectivity index (χ3n) is 4.21. The third kappa shape index (κ3) is 5.87. The van der Waals surface area contributed by atoms with Crippen molar-refractivity contribution in [2.24, 2.45) is 5.41 Å². The van der Waals surface area contributed by atoms with E-state index in [1.54, 1.807) is 0 Å². The summed E-state index contributed by atoms with van der Waals surface area (Å²) in [6.07, 6.45) is 15.1. The Balaban J connectivity index is 2.74. The number of allylic oxidation sites excluding steroid dienone is 8. The Morgan fingerprint density at radius 2 is 1.71 bits per heavy atom. The zero-order valence-electron chi connectivity index (χ0n) is 14.3. The van der Waals surface area contributed by atoms with Crippen molar-refractivity contribution >= 4 is 6.29 Å². The molecule has 1 rings (SSSR count). The minimum atomic E-state index is 0.00274. The summed E-state index contributed by atoms with van der Waals surface area (Å²) in [4.78, 5) is 11.4. The molecular weight excluding hydrogens is 256 g/mol. The van der Waals surface area contributed by atoms with E-state index in [9.17, 15) is 4.79 Å². The topological polar surface area (TPSA) is 17.1 Å². The van der Waals surface area contributed by atoms with Crippen LogP contribution in [0.25, 0.3) is 0 Å². The molecule has 0 fully saturated rings. The highest BCUT2D eigenvalue weighted by atomic mass is 16.1. The summed E-state index contributed by atoms with van der Waals surface area (Å²) in [6, 6.07) is 0. The van der Waals surface area contributed by atoms with Crippen LogP contribution in [-0.4, -0.2) is 6.29 Å². The molecule has 0 aliphatic heterocycles. The smallest absolute Gasteiger partial charge is 0.146 e. The standard InChI is InChI=1S/C20H30O/c1-16(2)8-6-10-18-11-12-19(15-21)20(5,14-18)13-7-9-17(3)4/h8-9,11-12,15H,6-7,10,13-14H2,1-5H3. The molecule has 0 aromatic rings. The third-order valence-corrected chi connectivity index (χ3v) is 4.21. The van der Waals surface area contributed by atoms with Crippen molar-refractivity contribution in [3.8, 4) is 0 Å². The fourth-order valence-electron chi connectivity index (χ4n) is 2.88. The Morgan fingerprint density at radius 3 is 2.29 bits per heavy atom. The van der Waals surface area contributed by atoms with Crippen LogP contribution in [0.5, 0.6) is 0 Å². The average Bonchev–Trinajstić information content (AvgIpc) is 2.37. The lowest BCUT2D eigenvalue weighted by Crippen LogP contribution is -2.23. The lowest BCUT2D eigenvalue weighted by Gasteiger charge is -2.33. The Hall–Kier alpha value is -1.37.